The fourth-order valence-electron chi connectivity index (χ4n) is 2.65. The molecule has 0 amide bonds. The van der Waals surface area contributed by atoms with Crippen molar-refractivity contribution in [1.29, 1.82) is 0 Å². The van der Waals surface area contributed by atoms with Crippen molar-refractivity contribution in [2.24, 2.45) is 0 Å². The smallest absolute Gasteiger partial charge is 0.310 e. The Hall–Kier alpha value is -3.45. The van der Waals surface area contributed by atoms with Crippen molar-refractivity contribution in [2.75, 3.05) is 6.26 Å². The van der Waals surface area contributed by atoms with Crippen LogP contribution in [0.25, 0.3) is 11.3 Å². The highest BCUT2D eigenvalue weighted by Crippen LogP contribution is 2.30. The van der Waals surface area contributed by atoms with Gasteiger partial charge in [0.1, 0.15) is 5.69 Å². The second-order valence-electron chi connectivity index (χ2n) is 6.42. The summed E-state index contributed by atoms with van der Waals surface area (Å²) in [4.78, 5) is 19.1. The lowest BCUT2D eigenvalue weighted by atomic mass is 10.1. The molecule has 0 unspecified atom stereocenters. The number of hydrogen-bond acceptors (Lipinski definition) is 5. The molecule has 2 aromatic heterocycles. The maximum Gasteiger partial charge on any atom is 0.433 e. The molecule has 0 aliphatic carbocycles. The van der Waals surface area contributed by atoms with Crippen molar-refractivity contribution in [3.05, 3.63) is 75.8 Å². The molecular formula is C20H14F3N3O3S. The summed E-state index contributed by atoms with van der Waals surface area (Å²) < 4.78 is 64.4. The average Bonchev–Trinajstić information content (AvgIpc) is 2.68. The van der Waals surface area contributed by atoms with Gasteiger partial charge in [0, 0.05) is 29.6 Å². The maximum atomic E-state index is 13.2. The van der Waals surface area contributed by atoms with Crippen molar-refractivity contribution in [3.8, 4) is 23.6 Å². The fraction of sp³-hybridized carbons (Fsp3) is 0.150. The van der Waals surface area contributed by atoms with E-state index >= 15 is 0 Å². The molecule has 0 saturated carbocycles. The Morgan fingerprint density at radius 3 is 2.50 bits per heavy atom. The Balaban J connectivity index is 2.11. The van der Waals surface area contributed by atoms with Crippen molar-refractivity contribution < 1.29 is 21.6 Å². The summed E-state index contributed by atoms with van der Waals surface area (Å²) in [7, 11) is -4.10. The minimum absolute atomic E-state index is 0.109. The predicted octanol–water partition coefficient (Wildman–Crippen LogP) is 2.76. The molecule has 0 aliphatic heterocycles. The van der Waals surface area contributed by atoms with E-state index in [1.807, 2.05) is 0 Å². The van der Waals surface area contributed by atoms with E-state index in [0.717, 1.165) is 6.07 Å². The van der Waals surface area contributed by atoms with Crippen molar-refractivity contribution in [2.45, 2.75) is 17.9 Å². The second kappa shape index (κ2) is 7.76. The summed E-state index contributed by atoms with van der Waals surface area (Å²) in [5.74, 6) is 2.48. The molecule has 3 rings (SSSR count). The molecule has 0 radical (unpaired) electrons. The third kappa shape index (κ3) is 4.75. The Morgan fingerprint density at radius 1 is 1.13 bits per heavy atom. The van der Waals surface area contributed by atoms with Crippen LogP contribution in [0, 0.1) is 12.3 Å². The fourth-order valence-corrected chi connectivity index (χ4v) is 3.17. The molecular weight excluding hydrogens is 419 g/mol. The van der Waals surface area contributed by atoms with E-state index in [4.69, 9.17) is 6.42 Å². The van der Waals surface area contributed by atoms with Gasteiger partial charge < -0.3 is 4.57 Å². The van der Waals surface area contributed by atoms with Gasteiger partial charge in [0.05, 0.1) is 12.2 Å². The van der Waals surface area contributed by atoms with E-state index < -0.39 is 32.4 Å². The number of halogens is 3. The highest BCUT2D eigenvalue weighted by Gasteiger charge is 2.35. The van der Waals surface area contributed by atoms with Gasteiger partial charge in [0.2, 0.25) is 15.0 Å². The normalized spacial score (nSPS) is 11.8. The molecule has 0 atom stereocenters. The van der Waals surface area contributed by atoms with Gasteiger partial charge in [-0.05, 0) is 29.8 Å². The van der Waals surface area contributed by atoms with E-state index in [-0.39, 0.29) is 17.8 Å². The number of alkyl halides is 3. The van der Waals surface area contributed by atoms with Crippen LogP contribution in [0.2, 0.25) is 0 Å². The molecule has 1 aromatic carbocycles. The summed E-state index contributed by atoms with van der Waals surface area (Å²) in [6.45, 7) is 0.109. The van der Waals surface area contributed by atoms with Crippen LogP contribution in [-0.2, 0) is 22.6 Å². The van der Waals surface area contributed by atoms with E-state index in [1.165, 1.54) is 16.8 Å². The Kier molecular flexibility index (Phi) is 5.50. The topological polar surface area (TPSA) is 81.9 Å². The van der Waals surface area contributed by atoms with E-state index in [0.29, 0.717) is 23.4 Å². The summed E-state index contributed by atoms with van der Waals surface area (Å²) in [6.07, 6.45) is 2.51. The third-order valence-electron chi connectivity index (χ3n) is 4.05. The Bertz CT molecular complexity index is 1320. The van der Waals surface area contributed by atoms with Gasteiger partial charge in [-0.25, -0.2) is 18.4 Å². The summed E-state index contributed by atoms with van der Waals surface area (Å²) >= 11 is 0. The first-order chi connectivity index (χ1) is 14.0. The molecule has 0 fully saturated rings. The van der Waals surface area contributed by atoms with Crippen LogP contribution < -0.4 is 5.56 Å². The number of nitrogens with zero attached hydrogens (tertiary/aromatic N) is 3. The zero-order valence-corrected chi connectivity index (χ0v) is 16.3. The first-order valence-electron chi connectivity index (χ1n) is 8.40. The first-order valence-corrected chi connectivity index (χ1v) is 10.3. The van der Waals surface area contributed by atoms with Gasteiger partial charge in [0.15, 0.2) is 0 Å². The molecule has 0 aliphatic rings. The van der Waals surface area contributed by atoms with Gasteiger partial charge in [-0.1, -0.05) is 18.1 Å². The van der Waals surface area contributed by atoms with Gasteiger partial charge in [-0.2, -0.15) is 13.2 Å². The van der Waals surface area contributed by atoms with Crippen LogP contribution in [0.15, 0.2) is 58.6 Å². The third-order valence-corrected chi connectivity index (χ3v) is 4.90. The molecule has 0 N–H and O–H groups in total. The van der Waals surface area contributed by atoms with E-state index in [9.17, 15) is 26.4 Å². The quantitative estimate of drug-likeness (QED) is 0.467. The lowest BCUT2D eigenvalue weighted by Crippen LogP contribution is -2.19. The van der Waals surface area contributed by atoms with Crippen molar-refractivity contribution in [3.63, 3.8) is 0 Å². The number of hydrogen-bond donors (Lipinski definition) is 0. The zero-order valence-electron chi connectivity index (χ0n) is 15.5. The standard InChI is InChI=1S/C20H14F3N3O3S/c1-3-13-5-4-6-14(9-13)11-26-12-15(7-8-18(26)27)16-10-17(20(21,22)23)25-19(24-16)30(2,28)29/h1,4-10,12H,11H2,2H3. The van der Waals surface area contributed by atoms with Crippen LogP contribution in [0.3, 0.4) is 0 Å². The minimum atomic E-state index is -4.87. The SMILES string of the molecule is C#Cc1cccc(Cn2cc(-c3cc(C(F)(F)F)nc(S(C)(=O)=O)n3)ccc2=O)c1. The largest absolute Gasteiger partial charge is 0.433 e. The zero-order chi connectivity index (χ0) is 22.1. The highest BCUT2D eigenvalue weighted by molar-refractivity contribution is 7.90. The monoisotopic (exact) mass is 433 g/mol. The van der Waals surface area contributed by atoms with Crippen molar-refractivity contribution >= 4 is 9.84 Å². The van der Waals surface area contributed by atoms with E-state index in [2.05, 4.69) is 15.9 Å². The number of rotatable bonds is 4. The minimum Gasteiger partial charge on any atom is -0.310 e. The lowest BCUT2D eigenvalue weighted by molar-refractivity contribution is -0.141. The predicted molar refractivity (Wildman–Crippen MR) is 103 cm³/mol. The molecule has 154 valence electrons. The Morgan fingerprint density at radius 2 is 1.87 bits per heavy atom. The van der Waals surface area contributed by atoms with Gasteiger partial charge in [-0.3, -0.25) is 4.79 Å². The molecule has 2 heterocycles. The molecule has 10 heteroatoms. The van der Waals surface area contributed by atoms with Crippen LogP contribution in [-0.4, -0.2) is 29.2 Å². The van der Waals surface area contributed by atoms with Crippen LogP contribution in [0.5, 0.6) is 0 Å². The van der Waals surface area contributed by atoms with Crippen LogP contribution >= 0.6 is 0 Å². The number of terminal acetylenes is 1. The molecule has 0 bridgehead atoms. The lowest BCUT2D eigenvalue weighted by Gasteiger charge is -2.12. The maximum absolute atomic E-state index is 13.2. The van der Waals surface area contributed by atoms with Gasteiger partial charge in [-0.15, -0.1) is 6.42 Å². The van der Waals surface area contributed by atoms with Crippen LogP contribution in [0.4, 0.5) is 13.2 Å². The molecule has 30 heavy (non-hydrogen) atoms. The molecule has 6 nitrogen and oxygen atoms in total. The summed E-state index contributed by atoms with van der Waals surface area (Å²) in [6, 6.07) is 9.95. The van der Waals surface area contributed by atoms with E-state index in [1.54, 1.807) is 24.3 Å². The first kappa shape index (κ1) is 21.3. The summed E-state index contributed by atoms with van der Waals surface area (Å²) in [5, 5.41) is -0.952. The summed E-state index contributed by atoms with van der Waals surface area (Å²) in [5.41, 5.74) is -0.629. The molecule has 3 aromatic rings. The molecule has 0 saturated heterocycles. The molecule has 0 spiro atoms. The van der Waals surface area contributed by atoms with Gasteiger partial charge in [0.25, 0.3) is 5.56 Å². The highest BCUT2D eigenvalue weighted by atomic mass is 32.2. The Labute approximate surface area is 170 Å². The van der Waals surface area contributed by atoms with Crippen LogP contribution in [0.1, 0.15) is 16.8 Å². The number of sulfone groups is 1. The number of aromatic nitrogens is 3. The number of pyridine rings is 1. The second-order valence-corrected chi connectivity index (χ2v) is 8.33. The average molecular weight is 433 g/mol. The number of benzene rings is 1. The van der Waals surface area contributed by atoms with Gasteiger partial charge >= 0.3 is 6.18 Å². The van der Waals surface area contributed by atoms with Crippen molar-refractivity contribution in [1.82, 2.24) is 14.5 Å².